The summed E-state index contributed by atoms with van der Waals surface area (Å²) in [7, 11) is -0.429. The molecule has 1 aliphatic rings. The van der Waals surface area contributed by atoms with Gasteiger partial charge in [-0.05, 0) is 23.7 Å². The van der Waals surface area contributed by atoms with Gasteiger partial charge in [-0.2, -0.15) is 5.26 Å². The van der Waals surface area contributed by atoms with E-state index < -0.39 is 20.5 Å². The largest absolute Gasteiger partial charge is 0.408 e. The third-order valence-electron chi connectivity index (χ3n) is 4.20. The highest BCUT2D eigenvalue weighted by Gasteiger charge is 2.43. The summed E-state index contributed by atoms with van der Waals surface area (Å²) >= 11 is 0. The number of rotatable bonds is 3. The number of aliphatic hydroxyl groups excluding tert-OH is 1. The summed E-state index contributed by atoms with van der Waals surface area (Å²) in [6, 6.07) is 1.96. The van der Waals surface area contributed by atoms with E-state index in [1.54, 1.807) is 13.2 Å². The highest BCUT2D eigenvalue weighted by Crippen LogP contribution is 2.39. The monoisotopic (exact) mass is 295 g/mol. The maximum Gasteiger partial charge on any atom is 0.192 e. The number of aliphatic hydroxyl groups is 1. The molecule has 5 heteroatoms. The molecule has 0 saturated carbocycles. The van der Waals surface area contributed by atoms with Crippen molar-refractivity contribution in [2.24, 2.45) is 0 Å². The fraction of sp³-hybridized carbons (Fsp3) is 0.667. The summed E-state index contributed by atoms with van der Waals surface area (Å²) in [5.74, 6) is 0. The molecule has 1 aliphatic carbocycles. The van der Waals surface area contributed by atoms with Gasteiger partial charge in [-0.25, -0.2) is 0 Å². The van der Waals surface area contributed by atoms with E-state index in [1.807, 2.05) is 12.1 Å². The zero-order chi connectivity index (χ0) is 15.6. The topological polar surface area (TPSA) is 62.5 Å². The number of nitrogens with zero attached hydrogens (tertiary/aromatic N) is 1. The minimum absolute atomic E-state index is 0.0469. The van der Waals surface area contributed by atoms with E-state index in [9.17, 15) is 5.11 Å². The fourth-order valence-electron chi connectivity index (χ4n) is 1.85. The molecule has 0 fully saturated rings. The highest BCUT2D eigenvalue weighted by molar-refractivity contribution is 6.74. The molecule has 4 nitrogen and oxygen atoms in total. The minimum atomic E-state index is -2.03. The van der Waals surface area contributed by atoms with Crippen LogP contribution in [0.3, 0.4) is 0 Å². The van der Waals surface area contributed by atoms with Gasteiger partial charge in [-0.3, -0.25) is 0 Å². The first kappa shape index (κ1) is 17.1. The summed E-state index contributed by atoms with van der Waals surface area (Å²) < 4.78 is 11.7. The molecular weight excluding hydrogens is 270 g/mol. The first-order valence-corrected chi connectivity index (χ1v) is 9.71. The lowest BCUT2D eigenvalue weighted by Crippen LogP contribution is -2.52. The molecule has 0 saturated heterocycles. The number of allylic oxidation sites excluding steroid dienone is 1. The van der Waals surface area contributed by atoms with Crippen molar-refractivity contribution in [2.45, 2.75) is 57.2 Å². The van der Waals surface area contributed by atoms with Crippen molar-refractivity contribution >= 4 is 8.32 Å². The van der Waals surface area contributed by atoms with Gasteiger partial charge in [0.2, 0.25) is 0 Å². The molecule has 0 aliphatic heterocycles. The molecule has 112 valence electrons. The summed E-state index contributed by atoms with van der Waals surface area (Å²) in [6.45, 7) is 10.7. The van der Waals surface area contributed by atoms with E-state index in [-0.39, 0.29) is 11.1 Å². The Morgan fingerprint density at radius 1 is 1.40 bits per heavy atom. The Hall–Kier alpha value is -0.933. The average molecular weight is 295 g/mol. The molecule has 0 aromatic rings. The molecule has 1 N–H and O–H groups in total. The van der Waals surface area contributed by atoms with Crippen LogP contribution in [-0.4, -0.2) is 38.8 Å². The molecule has 0 amide bonds. The summed E-state index contributed by atoms with van der Waals surface area (Å²) in [5, 5.41) is 19.3. The first-order chi connectivity index (χ1) is 9.14. The van der Waals surface area contributed by atoms with Gasteiger partial charge in [-0.15, -0.1) is 0 Å². The van der Waals surface area contributed by atoms with Crippen molar-refractivity contribution in [2.75, 3.05) is 7.11 Å². The second-order valence-corrected chi connectivity index (χ2v) is 11.4. The van der Waals surface area contributed by atoms with Crippen LogP contribution in [0, 0.1) is 11.3 Å². The Balaban J connectivity index is 3.05. The van der Waals surface area contributed by atoms with E-state index in [0.29, 0.717) is 5.57 Å². The van der Waals surface area contributed by atoms with E-state index in [0.717, 1.165) is 0 Å². The van der Waals surface area contributed by atoms with E-state index >= 15 is 0 Å². The van der Waals surface area contributed by atoms with Gasteiger partial charge >= 0.3 is 0 Å². The smallest absolute Gasteiger partial charge is 0.192 e. The molecule has 0 radical (unpaired) electrons. The predicted octanol–water partition coefficient (Wildman–Crippen LogP) is 2.77. The number of hydrogen-bond donors (Lipinski definition) is 1. The number of hydrogen-bond acceptors (Lipinski definition) is 4. The molecule has 1 rings (SSSR count). The standard InChI is InChI=1S/C15H25NO3Si/c1-15(2,3)20(5,6)19-14-12(18-4)8-7-11(9-10-16)13(14)17/h7-9,12-14,17H,1-6H3/b11-9+/t12-,13+,14-/m1/s1. The molecule has 0 heterocycles. The third kappa shape index (κ3) is 3.58. The van der Waals surface area contributed by atoms with Crippen LogP contribution in [0.2, 0.25) is 18.1 Å². The Labute approximate surface area is 122 Å². The van der Waals surface area contributed by atoms with Gasteiger partial charge in [0, 0.05) is 13.2 Å². The third-order valence-corrected chi connectivity index (χ3v) is 8.67. The van der Waals surface area contributed by atoms with Crippen LogP contribution >= 0.6 is 0 Å². The summed E-state index contributed by atoms with van der Waals surface area (Å²) in [6.07, 6.45) is 3.33. The minimum Gasteiger partial charge on any atom is -0.408 e. The van der Waals surface area contributed by atoms with E-state index in [4.69, 9.17) is 14.4 Å². The Kier molecular flexibility index (Phi) is 5.33. The SMILES string of the molecule is CO[C@@H]1C=C/C(=C\C#N)[C@H](O)[C@@H]1O[Si](C)(C)C(C)(C)C. The Morgan fingerprint density at radius 3 is 2.45 bits per heavy atom. The van der Waals surface area contributed by atoms with Gasteiger partial charge in [0.15, 0.2) is 8.32 Å². The quantitative estimate of drug-likeness (QED) is 0.642. The maximum atomic E-state index is 10.4. The van der Waals surface area contributed by atoms with Crippen LogP contribution in [0.5, 0.6) is 0 Å². The lowest BCUT2D eigenvalue weighted by atomic mass is 9.93. The lowest BCUT2D eigenvalue weighted by Gasteiger charge is -2.43. The molecule has 0 unspecified atom stereocenters. The molecule has 0 aromatic heterocycles. The van der Waals surface area contributed by atoms with Crippen LogP contribution < -0.4 is 0 Å². The van der Waals surface area contributed by atoms with Gasteiger partial charge in [0.1, 0.15) is 18.3 Å². The number of ether oxygens (including phenoxy) is 1. The normalized spacial score (nSPS) is 29.5. The van der Waals surface area contributed by atoms with Crippen molar-refractivity contribution in [3.05, 3.63) is 23.8 Å². The van der Waals surface area contributed by atoms with E-state index in [1.165, 1.54) is 6.08 Å². The average Bonchev–Trinajstić information content (AvgIpc) is 2.33. The van der Waals surface area contributed by atoms with Crippen LogP contribution in [-0.2, 0) is 9.16 Å². The van der Waals surface area contributed by atoms with Crippen LogP contribution in [0.15, 0.2) is 23.8 Å². The number of methoxy groups -OCH3 is 1. The van der Waals surface area contributed by atoms with Crippen molar-refractivity contribution in [3.63, 3.8) is 0 Å². The summed E-state index contributed by atoms with van der Waals surface area (Å²) in [4.78, 5) is 0. The van der Waals surface area contributed by atoms with Gasteiger partial charge in [0.05, 0.1) is 6.07 Å². The zero-order valence-corrected chi connectivity index (χ0v) is 14.2. The van der Waals surface area contributed by atoms with Gasteiger partial charge in [-0.1, -0.05) is 32.9 Å². The van der Waals surface area contributed by atoms with Crippen LogP contribution in [0.1, 0.15) is 20.8 Å². The molecular formula is C15H25NO3Si. The van der Waals surface area contributed by atoms with Crippen molar-refractivity contribution in [1.82, 2.24) is 0 Å². The zero-order valence-electron chi connectivity index (χ0n) is 13.2. The van der Waals surface area contributed by atoms with Crippen molar-refractivity contribution < 1.29 is 14.3 Å². The van der Waals surface area contributed by atoms with E-state index in [2.05, 4.69) is 33.9 Å². The molecule has 0 bridgehead atoms. The maximum absolute atomic E-state index is 10.4. The highest BCUT2D eigenvalue weighted by atomic mass is 28.4. The van der Waals surface area contributed by atoms with Crippen LogP contribution in [0.4, 0.5) is 0 Å². The second-order valence-electron chi connectivity index (χ2n) is 6.62. The fourth-order valence-corrected chi connectivity index (χ4v) is 3.15. The Morgan fingerprint density at radius 2 is 2.00 bits per heavy atom. The molecule has 0 aromatic carbocycles. The van der Waals surface area contributed by atoms with Gasteiger partial charge < -0.3 is 14.3 Å². The lowest BCUT2D eigenvalue weighted by molar-refractivity contribution is -0.0381. The molecule has 3 atom stereocenters. The Bertz CT molecular complexity index is 443. The molecule has 20 heavy (non-hydrogen) atoms. The summed E-state index contributed by atoms with van der Waals surface area (Å²) in [5.41, 5.74) is 0.574. The second kappa shape index (κ2) is 6.23. The number of nitriles is 1. The van der Waals surface area contributed by atoms with Crippen molar-refractivity contribution in [1.29, 1.82) is 5.26 Å². The predicted molar refractivity (Wildman–Crippen MR) is 81.7 cm³/mol. The van der Waals surface area contributed by atoms with Crippen LogP contribution in [0.25, 0.3) is 0 Å². The molecule has 0 spiro atoms. The van der Waals surface area contributed by atoms with Gasteiger partial charge in [0.25, 0.3) is 0 Å². The first-order valence-electron chi connectivity index (χ1n) is 6.80. The van der Waals surface area contributed by atoms with Crippen molar-refractivity contribution in [3.8, 4) is 6.07 Å².